The Bertz CT molecular complexity index is 368. The summed E-state index contributed by atoms with van der Waals surface area (Å²) >= 11 is 0. The number of aromatic nitrogens is 2. The minimum atomic E-state index is -0.593. The molecule has 1 aromatic rings. The fraction of sp³-hybridized carbons (Fsp3) is 0.500. The maximum atomic E-state index is 10.5. The van der Waals surface area contributed by atoms with Crippen LogP contribution in [0.1, 0.15) is 0 Å². The van der Waals surface area contributed by atoms with Crippen LogP contribution in [-0.2, 0) is 7.05 Å². The van der Waals surface area contributed by atoms with Gasteiger partial charge in [-0.15, -0.1) is 5.11 Å². The highest BCUT2D eigenvalue weighted by Crippen LogP contribution is 2.24. The van der Waals surface area contributed by atoms with Crippen molar-refractivity contribution in [1.82, 2.24) is 14.8 Å². The molecule has 8 heteroatoms. The molecule has 0 N–H and O–H groups in total. The molecule has 76 valence electrons. The summed E-state index contributed by atoms with van der Waals surface area (Å²) in [4.78, 5) is 9.90. The van der Waals surface area contributed by atoms with Crippen molar-refractivity contribution >= 4 is 11.5 Å². The van der Waals surface area contributed by atoms with Crippen molar-refractivity contribution in [3.63, 3.8) is 0 Å². The van der Waals surface area contributed by atoms with Crippen molar-refractivity contribution < 1.29 is 4.92 Å². The Morgan fingerprint density at radius 1 is 1.64 bits per heavy atom. The lowest BCUT2D eigenvalue weighted by Crippen LogP contribution is -1.99. The van der Waals surface area contributed by atoms with E-state index in [2.05, 4.69) is 15.4 Å². The maximum Gasteiger partial charge on any atom is 0.417 e. The highest BCUT2D eigenvalue weighted by Gasteiger charge is 2.19. The first-order valence-electron chi connectivity index (χ1n) is 3.77. The molecule has 1 aromatic heterocycles. The molecule has 0 saturated carbocycles. The van der Waals surface area contributed by atoms with Crippen molar-refractivity contribution in [1.29, 1.82) is 0 Å². The first-order chi connectivity index (χ1) is 6.50. The predicted molar refractivity (Wildman–Crippen MR) is 48.1 cm³/mol. The van der Waals surface area contributed by atoms with E-state index in [1.807, 2.05) is 0 Å². The molecule has 0 saturated heterocycles. The van der Waals surface area contributed by atoms with Crippen LogP contribution in [0, 0.1) is 10.1 Å². The van der Waals surface area contributed by atoms with Crippen molar-refractivity contribution in [2.24, 2.45) is 17.4 Å². The van der Waals surface area contributed by atoms with Crippen LogP contribution in [0.25, 0.3) is 0 Å². The summed E-state index contributed by atoms with van der Waals surface area (Å²) < 4.78 is 1.32. The van der Waals surface area contributed by atoms with Crippen LogP contribution >= 0.6 is 0 Å². The molecule has 0 aromatic carbocycles. The Morgan fingerprint density at radius 2 is 2.29 bits per heavy atom. The van der Waals surface area contributed by atoms with Gasteiger partial charge in [-0.25, -0.2) is 0 Å². The minimum Gasteiger partial charge on any atom is -0.358 e. The normalized spacial score (nSPS) is 10.8. The molecule has 1 rings (SSSR count). The molecule has 1 heterocycles. The van der Waals surface area contributed by atoms with E-state index in [1.165, 1.54) is 15.9 Å². The fourth-order valence-corrected chi connectivity index (χ4v) is 0.802. The molecular formula is C6H10N6O2. The van der Waals surface area contributed by atoms with E-state index in [1.54, 1.807) is 21.1 Å². The van der Waals surface area contributed by atoms with Gasteiger partial charge in [-0.1, -0.05) is 5.22 Å². The quantitative estimate of drug-likeness (QED) is 0.409. The molecule has 14 heavy (non-hydrogen) atoms. The summed E-state index contributed by atoms with van der Waals surface area (Å²) in [6.07, 6.45) is 1.44. The molecule has 0 aliphatic rings. The number of nitro groups is 1. The molecular weight excluding hydrogens is 188 g/mol. The number of nitrogens with zero attached hydrogens (tertiary/aromatic N) is 6. The van der Waals surface area contributed by atoms with Gasteiger partial charge in [0.2, 0.25) is 5.69 Å². The topological polar surface area (TPSA) is 88.9 Å². The van der Waals surface area contributed by atoms with Gasteiger partial charge in [-0.05, 0) is 4.92 Å². The lowest BCUT2D eigenvalue weighted by atomic mass is 10.5. The van der Waals surface area contributed by atoms with Crippen LogP contribution in [0.15, 0.2) is 16.5 Å². The third kappa shape index (κ3) is 2.25. The second-order valence-electron chi connectivity index (χ2n) is 2.81. The molecule has 0 fully saturated rings. The van der Waals surface area contributed by atoms with Gasteiger partial charge in [0.25, 0.3) is 0 Å². The maximum absolute atomic E-state index is 10.5. The Morgan fingerprint density at radius 3 is 2.79 bits per heavy atom. The summed E-state index contributed by atoms with van der Waals surface area (Å²) in [7, 11) is 4.93. The molecule has 0 aliphatic carbocycles. The zero-order valence-electron chi connectivity index (χ0n) is 8.08. The van der Waals surface area contributed by atoms with E-state index in [0.717, 1.165) is 0 Å². The second kappa shape index (κ2) is 3.81. The highest BCUT2D eigenvalue weighted by molar-refractivity contribution is 5.49. The summed E-state index contributed by atoms with van der Waals surface area (Å²) in [5.41, 5.74) is 0.145. The molecule has 0 amide bonds. The van der Waals surface area contributed by atoms with Gasteiger partial charge in [0.1, 0.15) is 0 Å². The molecule has 0 bridgehead atoms. The van der Waals surface area contributed by atoms with Gasteiger partial charge in [-0.3, -0.25) is 5.01 Å². The number of hydrogen-bond acceptors (Lipinski definition) is 5. The Kier molecular flexibility index (Phi) is 2.75. The van der Waals surface area contributed by atoms with Gasteiger partial charge in [0.05, 0.1) is 18.3 Å². The van der Waals surface area contributed by atoms with Gasteiger partial charge in [0.15, 0.2) is 0 Å². The van der Waals surface area contributed by atoms with E-state index in [0.29, 0.717) is 0 Å². The third-order valence-electron chi connectivity index (χ3n) is 1.29. The molecule has 8 nitrogen and oxygen atoms in total. The average molecular weight is 198 g/mol. The van der Waals surface area contributed by atoms with E-state index in [9.17, 15) is 10.1 Å². The highest BCUT2D eigenvalue weighted by atomic mass is 16.6. The summed E-state index contributed by atoms with van der Waals surface area (Å²) in [5.74, 6) is -0.293. The van der Waals surface area contributed by atoms with Crippen LogP contribution in [0.2, 0.25) is 0 Å². The molecule has 0 atom stereocenters. The fourth-order valence-electron chi connectivity index (χ4n) is 0.802. The van der Waals surface area contributed by atoms with Gasteiger partial charge in [0, 0.05) is 14.1 Å². The van der Waals surface area contributed by atoms with E-state index < -0.39 is 4.92 Å². The third-order valence-corrected chi connectivity index (χ3v) is 1.29. The lowest BCUT2D eigenvalue weighted by Gasteiger charge is -1.98. The van der Waals surface area contributed by atoms with Crippen molar-refractivity contribution in [2.75, 3.05) is 14.1 Å². The standard InChI is InChI=1S/C6H10N6O2/c1-10(2)9-7-5-4-11(3)8-6(5)12(13)14/h4H,1-3H3. The van der Waals surface area contributed by atoms with Crippen LogP contribution in [0.3, 0.4) is 0 Å². The van der Waals surface area contributed by atoms with Crippen LogP contribution in [0.4, 0.5) is 11.5 Å². The van der Waals surface area contributed by atoms with Crippen LogP contribution in [0.5, 0.6) is 0 Å². The Hall–Kier alpha value is -1.99. The Balaban J connectivity index is 3.01. The molecule has 0 aliphatic heterocycles. The SMILES string of the molecule is CN(C)N=Nc1cn(C)nc1[N+](=O)[O-]. The van der Waals surface area contributed by atoms with Gasteiger partial charge < -0.3 is 10.1 Å². The average Bonchev–Trinajstić information content (AvgIpc) is 2.43. The van der Waals surface area contributed by atoms with E-state index >= 15 is 0 Å². The number of hydrogen-bond donors (Lipinski definition) is 0. The van der Waals surface area contributed by atoms with Crippen molar-refractivity contribution in [2.45, 2.75) is 0 Å². The molecule has 0 radical (unpaired) electrons. The minimum absolute atomic E-state index is 0.145. The summed E-state index contributed by atoms with van der Waals surface area (Å²) in [6, 6.07) is 0. The van der Waals surface area contributed by atoms with Gasteiger partial charge >= 0.3 is 5.82 Å². The Labute approximate surface area is 80.0 Å². The second-order valence-corrected chi connectivity index (χ2v) is 2.81. The summed E-state index contributed by atoms with van der Waals surface area (Å²) in [5, 5.41) is 22.9. The smallest absolute Gasteiger partial charge is 0.358 e. The van der Waals surface area contributed by atoms with Crippen LogP contribution in [-0.4, -0.2) is 33.8 Å². The zero-order valence-corrected chi connectivity index (χ0v) is 8.08. The van der Waals surface area contributed by atoms with E-state index in [4.69, 9.17) is 0 Å². The molecule has 0 spiro atoms. The first-order valence-corrected chi connectivity index (χ1v) is 3.77. The monoisotopic (exact) mass is 198 g/mol. The first kappa shape index (κ1) is 10.1. The zero-order chi connectivity index (χ0) is 10.7. The number of rotatable bonds is 3. The lowest BCUT2D eigenvalue weighted by molar-refractivity contribution is -0.389. The van der Waals surface area contributed by atoms with Gasteiger partial charge in [-0.2, -0.15) is 4.68 Å². The van der Waals surface area contributed by atoms with E-state index in [-0.39, 0.29) is 11.5 Å². The van der Waals surface area contributed by atoms with Crippen molar-refractivity contribution in [3.8, 4) is 0 Å². The van der Waals surface area contributed by atoms with Crippen molar-refractivity contribution in [3.05, 3.63) is 16.3 Å². The number of aryl methyl sites for hydroxylation is 1. The molecule has 0 unspecified atom stereocenters. The summed E-state index contributed by atoms with van der Waals surface area (Å²) in [6.45, 7) is 0. The predicted octanol–water partition coefficient (Wildman–Crippen LogP) is 0.889. The largest absolute Gasteiger partial charge is 0.417 e. The van der Waals surface area contributed by atoms with Crippen LogP contribution < -0.4 is 0 Å².